The zero-order chi connectivity index (χ0) is 26.0. The largest absolute Gasteiger partial charge is 0.445 e. The van der Waals surface area contributed by atoms with E-state index in [2.05, 4.69) is 10.6 Å². The molecule has 0 spiro atoms. The third-order valence-corrected chi connectivity index (χ3v) is 7.05. The number of ether oxygens (including phenoxy) is 1. The molecule has 1 aromatic heterocycles. The first-order chi connectivity index (χ1) is 17.8. The summed E-state index contributed by atoms with van der Waals surface area (Å²) in [6.07, 6.45) is -0.484. The fraction of sp³-hybridized carbons (Fsp3) is 0.481. The van der Waals surface area contributed by atoms with Gasteiger partial charge in [-0.2, -0.15) is 13.2 Å². The second-order valence-electron chi connectivity index (χ2n) is 10.1. The highest BCUT2D eigenvalue weighted by Gasteiger charge is 2.48. The molecule has 2 aliphatic carbocycles. The molecule has 0 saturated heterocycles. The van der Waals surface area contributed by atoms with Gasteiger partial charge in [0, 0.05) is 13.1 Å². The first kappa shape index (κ1) is 25.5. The molecule has 2 fully saturated rings. The van der Waals surface area contributed by atoms with Gasteiger partial charge in [-0.05, 0) is 66.7 Å². The van der Waals surface area contributed by atoms with E-state index in [0.29, 0.717) is 28.8 Å². The van der Waals surface area contributed by atoms with E-state index in [1.807, 2.05) is 30.3 Å². The molecule has 0 unspecified atom stereocenters. The molecule has 3 aromatic rings. The maximum atomic E-state index is 12.8. The zero-order valence-electron chi connectivity index (χ0n) is 20.3. The van der Waals surface area contributed by atoms with Gasteiger partial charge in [0.15, 0.2) is 5.58 Å². The van der Waals surface area contributed by atoms with E-state index in [-0.39, 0.29) is 25.6 Å². The van der Waals surface area contributed by atoms with E-state index in [1.165, 1.54) is 0 Å². The minimum Gasteiger partial charge on any atom is -0.445 e. The van der Waals surface area contributed by atoms with E-state index in [4.69, 9.17) is 19.9 Å². The second-order valence-corrected chi connectivity index (χ2v) is 10.1. The summed E-state index contributed by atoms with van der Waals surface area (Å²) in [5.74, 6) is 1.68. The Labute approximate surface area is 212 Å². The summed E-state index contributed by atoms with van der Waals surface area (Å²) >= 11 is 0. The molecular weight excluding hydrogens is 485 g/mol. The van der Waals surface area contributed by atoms with Crippen molar-refractivity contribution in [2.24, 2.45) is 23.5 Å². The molecule has 10 heteroatoms. The third kappa shape index (κ3) is 6.61. The number of rotatable bonds is 11. The quantitative estimate of drug-likeness (QED) is 0.323. The van der Waals surface area contributed by atoms with Gasteiger partial charge in [-0.3, -0.25) is 0 Å². The molecule has 4 N–H and O–H groups in total. The number of hydrogen-bond acceptors (Lipinski definition) is 6. The summed E-state index contributed by atoms with van der Waals surface area (Å²) in [5, 5.41) is 5.78. The van der Waals surface area contributed by atoms with Crippen molar-refractivity contribution in [3.63, 3.8) is 0 Å². The molecule has 198 valence electrons. The SMILES string of the molecule is N[C@@H](CNCc1ccc2oc([C@@H](NC(=O)OCc3ccccc3)C(C3CC3)C3CC3)nc2c1)C(F)(F)F. The summed E-state index contributed by atoms with van der Waals surface area (Å²) < 4.78 is 49.5. The van der Waals surface area contributed by atoms with Gasteiger partial charge in [0.05, 0.1) is 0 Å². The average molecular weight is 517 g/mol. The molecule has 1 heterocycles. The van der Waals surface area contributed by atoms with Crippen LogP contribution in [0.1, 0.15) is 48.7 Å². The number of nitrogens with two attached hydrogens (primary N) is 1. The Balaban J connectivity index is 1.30. The molecule has 0 aliphatic heterocycles. The van der Waals surface area contributed by atoms with Crippen LogP contribution in [0.5, 0.6) is 0 Å². The highest BCUT2D eigenvalue weighted by Crippen LogP contribution is 2.54. The molecule has 5 rings (SSSR count). The Hall–Kier alpha value is -3.11. The average Bonchev–Trinajstić information content (AvgIpc) is 3.81. The summed E-state index contributed by atoms with van der Waals surface area (Å²) in [6.45, 7) is -0.00580. The van der Waals surface area contributed by atoms with Crippen LogP contribution in [0.4, 0.5) is 18.0 Å². The van der Waals surface area contributed by atoms with Crippen molar-refractivity contribution in [1.29, 1.82) is 0 Å². The Bertz CT molecular complexity index is 1200. The van der Waals surface area contributed by atoms with Gasteiger partial charge >= 0.3 is 12.3 Å². The zero-order valence-corrected chi connectivity index (χ0v) is 20.3. The number of nitrogens with zero attached hydrogens (tertiary/aromatic N) is 1. The van der Waals surface area contributed by atoms with Gasteiger partial charge in [-0.25, -0.2) is 9.78 Å². The first-order valence-corrected chi connectivity index (χ1v) is 12.7. The predicted octanol–water partition coefficient (Wildman–Crippen LogP) is 5.21. The maximum Gasteiger partial charge on any atom is 0.408 e. The van der Waals surface area contributed by atoms with Crippen molar-refractivity contribution >= 4 is 17.2 Å². The number of halogens is 3. The number of nitrogens with one attached hydrogen (secondary N) is 2. The topological polar surface area (TPSA) is 102 Å². The van der Waals surface area contributed by atoms with E-state index >= 15 is 0 Å². The van der Waals surface area contributed by atoms with Crippen LogP contribution in [0.2, 0.25) is 0 Å². The van der Waals surface area contributed by atoms with Gasteiger partial charge in [-0.1, -0.05) is 36.4 Å². The van der Waals surface area contributed by atoms with Gasteiger partial charge in [0.1, 0.15) is 24.2 Å². The molecule has 1 amide bonds. The summed E-state index contributed by atoms with van der Waals surface area (Å²) in [7, 11) is 0. The van der Waals surface area contributed by atoms with Gasteiger partial charge in [0.2, 0.25) is 5.89 Å². The fourth-order valence-electron chi connectivity index (χ4n) is 4.83. The number of hydrogen-bond donors (Lipinski definition) is 3. The Morgan fingerprint density at radius 2 is 1.78 bits per heavy atom. The standard InChI is InChI=1S/C27H31F3N4O3/c28-27(29,30)22(31)14-32-13-17-6-11-21-20(12-17)33-25(37-21)24(23(18-7-8-18)19-9-10-19)34-26(35)36-15-16-4-2-1-3-5-16/h1-6,11-12,18-19,22-24,32H,7-10,13-15,31H2,(H,34,35)/t22-,24-/m0/s1. The molecular formula is C27H31F3N4O3. The number of fused-ring (bicyclic) bond motifs is 1. The monoisotopic (exact) mass is 516 g/mol. The Morgan fingerprint density at radius 1 is 1.08 bits per heavy atom. The van der Waals surface area contributed by atoms with Crippen LogP contribution in [0.15, 0.2) is 52.9 Å². The van der Waals surface area contributed by atoms with Gasteiger partial charge < -0.3 is 25.5 Å². The van der Waals surface area contributed by atoms with Gasteiger partial charge in [0.25, 0.3) is 0 Å². The van der Waals surface area contributed by atoms with Crippen LogP contribution >= 0.6 is 0 Å². The molecule has 2 aromatic carbocycles. The van der Waals surface area contributed by atoms with Crippen molar-refractivity contribution in [3.05, 3.63) is 65.5 Å². The van der Waals surface area contributed by atoms with E-state index in [9.17, 15) is 18.0 Å². The highest BCUT2D eigenvalue weighted by atomic mass is 19.4. The number of alkyl carbamates (subject to hydrolysis) is 1. The number of aromatic nitrogens is 1. The van der Waals surface area contributed by atoms with Gasteiger partial charge in [-0.15, -0.1) is 0 Å². The van der Waals surface area contributed by atoms with Crippen molar-refractivity contribution in [1.82, 2.24) is 15.6 Å². The highest BCUT2D eigenvalue weighted by molar-refractivity contribution is 5.74. The van der Waals surface area contributed by atoms with Crippen LogP contribution in [0.25, 0.3) is 11.1 Å². The lowest BCUT2D eigenvalue weighted by atomic mass is 9.89. The minimum absolute atomic E-state index is 0.166. The van der Waals surface area contributed by atoms with E-state index < -0.39 is 24.4 Å². The Kier molecular flexibility index (Phi) is 7.39. The predicted molar refractivity (Wildman–Crippen MR) is 131 cm³/mol. The maximum absolute atomic E-state index is 12.8. The lowest BCUT2D eigenvalue weighted by Gasteiger charge is -2.25. The van der Waals surface area contributed by atoms with Crippen LogP contribution in [0, 0.1) is 17.8 Å². The van der Waals surface area contributed by atoms with E-state index in [1.54, 1.807) is 18.2 Å². The number of carbonyl (C=O) groups is 1. The first-order valence-electron chi connectivity index (χ1n) is 12.7. The van der Waals surface area contributed by atoms with Crippen molar-refractivity contribution in [2.75, 3.05) is 6.54 Å². The minimum atomic E-state index is -4.44. The lowest BCUT2D eigenvalue weighted by molar-refractivity contribution is -0.146. The number of oxazole rings is 1. The molecule has 7 nitrogen and oxygen atoms in total. The molecule has 2 saturated carbocycles. The number of alkyl halides is 3. The molecule has 2 aliphatic rings. The molecule has 2 atom stereocenters. The van der Waals surface area contributed by atoms with Crippen molar-refractivity contribution in [2.45, 2.75) is 57.1 Å². The molecule has 37 heavy (non-hydrogen) atoms. The van der Waals surface area contributed by atoms with Crippen molar-refractivity contribution in [3.8, 4) is 0 Å². The third-order valence-electron chi connectivity index (χ3n) is 7.05. The van der Waals surface area contributed by atoms with Crippen LogP contribution in [0.3, 0.4) is 0 Å². The smallest absolute Gasteiger partial charge is 0.408 e. The van der Waals surface area contributed by atoms with Crippen LogP contribution < -0.4 is 16.4 Å². The number of carbonyl (C=O) groups excluding carboxylic acids is 1. The second kappa shape index (κ2) is 10.7. The summed E-state index contributed by atoms with van der Waals surface area (Å²) in [6, 6.07) is 12.4. The number of benzene rings is 2. The van der Waals surface area contributed by atoms with Crippen LogP contribution in [-0.2, 0) is 17.9 Å². The normalized spacial score (nSPS) is 17.6. The number of amides is 1. The van der Waals surface area contributed by atoms with Crippen molar-refractivity contribution < 1.29 is 27.1 Å². The summed E-state index contributed by atoms with van der Waals surface area (Å²) in [4.78, 5) is 17.5. The lowest BCUT2D eigenvalue weighted by Crippen LogP contribution is -2.45. The molecule has 0 bridgehead atoms. The fourth-order valence-corrected chi connectivity index (χ4v) is 4.83. The summed E-state index contributed by atoms with van der Waals surface area (Å²) in [5.41, 5.74) is 7.96. The van der Waals surface area contributed by atoms with Crippen LogP contribution in [-0.4, -0.2) is 29.8 Å². The molecule has 0 radical (unpaired) electrons. The van der Waals surface area contributed by atoms with E-state index in [0.717, 1.165) is 36.8 Å². The Morgan fingerprint density at radius 3 is 2.43 bits per heavy atom.